The molecule has 2 aromatic heterocycles. The largest absolute Gasteiger partial charge is 0.346 e. The molecule has 1 aromatic carbocycles. The van der Waals surface area contributed by atoms with E-state index in [0.29, 0.717) is 17.3 Å². The third-order valence-corrected chi connectivity index (χ3v) is 5.36. The summed E-state index contributed by atoms with van der Waals surface area (Å²) >= 11 is 0. The second-order valence-corrected chi connectivity index (χ2v) is 8.19. The minimum Gasteiger partial charge on any atom is -0.346 e. The zero-order valence-corrected chi connectivity index (χ0v) is 17.2. The summed E-state index contributed by atoms with van der Waals surface area (Å²) in [6.45, 7) is 8.58. The number of amides is 1. The summed E-state index contributed by atoms with van der Waals surface area (Å²) in [5, 5.41) is 17.2. The Kier molecular flexibility index (Phi) is 4.94. The summed E-state index contributed by atoms with van der Waals surface area (Å²) in [7, 11) is 0. The van der Waals surface area contributed by atoms with Gasteiger partial charge < -0.3 is 9.88 Å². The minimum atomic E-state index is -0.261. The number of aromatic nitrogens is 5. The van der Waals surface area contributed by atoms with E-state index in [2.05, 4.69) is 39.0 Å². The van der Waals surface area contributed by atoms with E-state index in [1.54, 1.807) is 18.2 Å². The Bertz CT molecular complexity index is 1130. The minimum absolute atomic E-state index is 0.0384. The summed E-state index contributed by atoms with van der Waals surface area (Å²) in [5.74, 6) is 1.92. The highest BCUT2D eigenvalue weighted by Gasteiger charge is 2.26. The van der Waals surface area contributed by atoms with Crippen molar-refractivity contribution in [1.82, 2.24) is 29.9 Å². The Hall–Kier alpha value is -3.03. The first-order chi connectivity index (χ1) is 13.9. The topological polar surface area (TPSA) is 94.7 Å². The summed E-state index contributed by atoms with van der Waals surface area (Å²) in [5.41, 5.74) is 0.105. The van der Waals surface area contributed by atoms with Gasteiger partial charge in [0.1, 0.15) is 11.6 Å². The third kappa shape index (κ3) is 3.43. The SMILES string of the molecule is CC(C)c1nnc2n1CC(NC(=O)c1nn(C(C)C)c(=O)c3ccccc13)CC2. The molecule has 1 aliphatic rings. The molecular formula is C21H26N6O2. The van der Waals surface area contributed by atoms with Crippen LogP contribution in [0.15, 0.2) is 29.1 Å². The molecule has 0 saturated carbocycles. The molecule has 3 aromatic rings. The van der Waals surface area contributed by atoms with E-state index in [-0.39, 0.29) is 35.2 Å². The van der Waals surface area contributed by atoms with Crippen LogP contribution in [0, 0.1) is 0 Å². The predicted molar refractivity (Wildman–Crippen MR) is 110 cm³/mol. The molecule has 8 heteroatoms. The molecule has 0 fully saturated rings. The van der Waals surface area contributed by atoms with Gasteiger partial charge in [-0.05, 0) is 26.3 Å². The fourth-order valence-corrected chi connectivity index (χ4v) is 3.87. The van der Waals surface area contributed by atoms with E-state index in [4.69, 9.17) is 0 Å². The number of nitrogens with one attached hydrogen (secondary N) is 1. The fourth-order valence-electron chi connectivity index (χ4n) is 3.87. The van der Waals surface area contributed by atoms with Crippen molar-refractivity contribution in [3.05, 3.63) is 52.0 Å². The molecule has 0 saturated heterocycles. The molecule has 1 aliphatic heterocycles. The van der Waals surface area contributed by atoms with Gasteiger partial charge in [-0.25, -0.2) is 4.68 Å². The molecule has 0 radical (unpaired) electrons. The van der Waals surface area contributed by atoms with Crippen LogP contribution < -0.4 is 10.9 Å². The highest BCUT2D eigenvalue weighted by atomic mass is 16.2. The number of aryl methyl sites for hydroxylation is 1. The zero-order valence-electron chi connectivity index (χ0n) is 17.2. The maximum Gasteiger partial charge on any atom is 0.274 e. The number of nitrogens with zero attached hydrogens (tertiary/aromatic N) is 5. The van der Waals surface area contributed by atoms with Crippen LogP contribution in [0.1, 0.15) is 68.2 Å². The van der Waals surface area contributed by atoms with Crippen LogP contribution in [0.4, 0.5) is 0 Å². The first-order valence-electron chi connectivity index (χ1n) is 10.1. The lowest BCUT2D eigenvalue weighted by atomic mass is 10.1. The molecule has 8 nitrogen and oxygen atoms in total. The van der Waals surface area contributed by atoms with Gasteiger partial charge in [-0.15, -0.1) is 10.2 Å². The first-order valence-corrected chi connectivity index (χ1v) is 10.1. The summed E-state index contributed by atoms with van der Waals surface area (Å²) in [4.78, 5) is 25.8. The van der Waals surface area contributed by atoms with Crippen molar-refractivity contribution in [2.24, 2.45) is 0 Å². The standard InChI is InChI=1S/C21H26N6O2/c1-12(2)19-24-23-17-10-9-14(11-26(17)19)22-20(28)18-15-7-5-6-8-16(15)21(29)27(25-18)13(3)4/h5-8,12-14H,9-11H2,1-4H3,(H,22,28). The molecule has 152 valence electrons. The number of carbonyl (C=O) groups is 1. The van der Waals surface area contributed by atoms with E-state index < -0.39 is 0 Å². The molecule has 1 unspecified atom stereocenters. The lowest BCUT2D eigenvalue weighted by Crippen LogP contribution is -2.42. The number of carbonyl (C=O) groups excluding carboxylic acids is 1. The summed E-state index contributed by atoms with van der Waals surface area (Å²) in [6, 6.07) is 6.97. The predicted octanol–water partition coefficient (Wildman–Crippen LogP) is 2.44. The normalized spacial score (nSPS) is 16.4. The lowest BCUT2D eigenvalue weighted by molar-refractivity contribution is 0.0921. The van der Waals surface area contributed by atoms with E-state index in [1.165, 1.54) is 4.68 Å². The number of hydrogen-bond donors (Lipinski definition) is 1. The van der Waals surface area contributed by atoms with Crippen molar-refractivity contribution in [1.29, 1.82) is 0 Å². The van der Waals surface area contributed by atoms with Crippen molar-refractivity contribution in [2.75, 3.05) is 0 Å². The Morgan fingerprint density at radius 3 is 2.55 bits per heavy atom. The maximum atomic E-state index is 13.2. The van der Waals surface area contributed by atoms with Gasteiger partial charge in [0.05, 0.1) is 11.4 Å². The van der Waals surface area contributed by atoms with E-state index >= 15 is 0 Å². The van der Waals surface area contributed by atoms with Crippen molar-refractivity contribution in [2.45, 2.75) is 65.1 Å². The van der Waals surface area contributed by atoms with Gasteiger partial charge in [0.15, 0.2) is 5.69 Å². The van der Waals surface area contributed by atoms with Crippen LogP contribution in [0.2, 0.25) is 0 Å². The number of hydrogen-bond acceptors (Lipinski definition) is 5. The number of rotatable bonds is 4. The molecule has 1 amide bonds. The van der Waals surface area contributed by atoms with Gasteiger partial charge in [-0.2, -0.15) is 5.10 Å². The molecule has 29 heavy (non-hydrogen) atoms. The molecular weight excluding hydrogens is 368 g/mol. The molecule has 0 bridgehead atoms. The summed E-state index contributed by atoms with van der Waals surface area (Å²) in [6.07, 6.45) is 1.56. The number of benzene rings is 1. The van der Waals surface area contributed by atoms with Crippen molar-refractivity contribution < 1.29 is 4.79 Å². The van der Waals surface area contributed by atoms with E-state index in [9.17, 15) is 9.59 Å². The quantitative estimate of drug-likeness (QED) is 0.733. The van der Waals surface area contributed by atoms with E-state index in [0.717, 1.165) is 24.5 Å². The molecule has 0 spiro atoms. The smallest absolute Gasteiger partial charge is 0.274 e. The van der Waals surface area contributed by atoms with Crippen LogP contribution in [-0.4, -0.2) is 36.5 Å². The van der Waals surface area contributed by atoms with Crippen LogP contribution in [0.5, 0.6) is 0 Å². The van der Waals surface area contributed by atoms with Gasteiger partial charge in [-0.1, -0.05) is 32.0 Å². The Labute approximate surface area is 168 Å². The van der Waals surface area contributed by atoms with Gasteiger partial charge in [-0.3, -0.25) is 9.59 Å². The van der Waals surface area contributed by atoms with Gasteiger partial charge >= 0.3 is 0 Å². The van der Waals surface area contributed by atoms with Crippen LogP contribution >= 0.6 is 0 Å². The Morgan fingerprint density at radius 1 is 1.14 bits per heavy atom. The average Bonchev–Trinajstić information content (AvgIpc) is 3.11. The monoisotopic (exact) mass is 394 g/mol. The molecule has 4 rings (SSSR count). The average molecular weight is 394 g/mol. The lowest BCUT2D eigenvalue weighted by Gasteiger charge is -2.26. The highest BCUT2D eigenvalue weighted by Crippen LogP contribution is 2.21. The summed E-state index contributed by atoms with van der Waals surface area (Å²) < 4.78 is 3.49. The van der Waals surface area contributed by atoms with Crippen LogP contribution in [0.3, 0.4) is 0 Å². The molecule has 1 N–H and O–H groups in total. The van der Waals surface area contributed by atoms with Gasteiger partial charge in [0.2, 0.25) is 0 Å². The van der Waals surface area contributed by atoms with Crippen molar-refractivity contribution in [3.63, 3.8) is 0 Å². The molecule has 0 aliphatic carbocycles. The Balaban J connectivity index is 1.66. The third-order valence-electron chi connectivity index (χ3n) is 5.36. The maximum absolute atomic E-state index is 13.2. The first kappa shape index (κ1) is 19.3. The second kappa shape index (κ2) is 7.42. The Morgan fingerprint density at radius 2 is 1.86 bits per heavy atom. The van der Waals surface area contributed by atoms with Crippen LogP contribution in [0.25, 0.3) is 10.8 Å². The van der Waals surface area contributed by atoms with Gasteiger partial charge in [0.25, 0.3) is 11.5 Å². The van der Waals surface area contributed by atoms with Gasteiger partial charge in [0, 0.05) is 30.3 Å². The molecule has 3 heterocycles. The van der Waals surface area contributed by atoms with Crippen molar-refractivity contribution >= 4 is 16.7 Å². The van der Waals surface area contributed by atoms with Crippen LogP contribution in [-0.2, 0) is 13.0 Å². The zero-order chi connectivity index (χ0) is 20.7. The van der Waals surface area contributed by atoms with E-state index in [1.807, 2.05) is 19.9 Å². The van der Waals surface area contributed by atoms with Crippen molar-refractivity contribution in [3.8, 4) is 0 Å². The second-order valence-electron chi connectivity index (χ2n) is 8.19. The molecule has 1 atom stereocenters. The number of fused-ring (bicyclic) bond motifs is 2. The highest BCUT2D eigenvalue weighted by molar-refractivity contribution is 6.04. The fraction of sp³-hybridized carbons (Fsp3) is 0.476.